The summed E-state index contributed by atoms with van der Waals surface area (Å²) in [5.41, 5.74) is 6.05. The van der Waals surface area contributed by atoms with E-state index in [0.717, 1.165) is 61.1 Å². The number of hydrogen-bond donors (Lipinski definition) is 3. The minimum Gasteiger partial charge on any atom is -0.478 e. The van der Waals surface area contributed by atoms with Crippen molar-refractivity contribution in [1.82, 2.24) is 15.4 Å². The van der Waals surface area contributed by atoms with Crippen LogP contribution in [-0.2, 0) is 6.54 Å². The van der Waals surface area contributed by atoms with E-state index in [9.17, 15) is 14.7 Å². The van der Waals surface area contributed by atoms with Crippen molar-refractivity contribution in [2.45, 2.75) is 83.0 Å². The number of aromatic nitrogens is 1. The first-order valence-corrected chi connectivity index (χ1v) is 13.6. The Kier molecular flexibility index (Phi) is 6.43. The number of urea groups is 1. The molecule has 0 spiro atoms. The van der Waals surface area contributed by atoms with Crippen LogP contribution >= 0.6 is 0 Å². The van der Waals surface area contributed by atoms with Crippen LogP contribution in [0.4, 0.5) is 10.5 Å². The summed E-state index contributed by atoms with van der Waals surface area (Å²) in [4.78, 5) is 26.5. The molecule has 2 bridgehead atoms. The minimum atomic E-state index is -0.972. The molecule has 1 saturated carbocycles. The lowest BCUT2D eigenvalue weighted by Gasteiger charge is -2.39. The monoisotopic (exact) mass is 514 g/mol. The average molecular weight is 515 g/mol. The van der Waals surface area contributed by atoms with Gasteiger partial charge in [-0.05, 0) is 81.7 Å². The van der Waals surface area contributed by atoms with Crippen LogP contribution in [0, 0.1) is 13.8 Å². The van der Waals surface area contributed by atoms with Crippen LogP contribution in [0.5, 0.6) is 0 Å². The number of rotatable bonds is 7. The number of aryl methyl sites for hydroxylation is 2. The number of aromatic carboxylic acids is 1. The van der Waals surface area contributed by atoms with Crippen molar-refractivity contribution in [2.24, 2.45) is 0 Å². The maximum atomic E-state index is 13.3. The smallest absolute Gasteiger partial charge is 0.335 e. The summed E-state index contributed by atoms with van der Waals surface area (Å²) in [6.45, 7) is 4.64. The van der Waals surface area contributed by atoms with Gasteiger partial charge in [0, 0.05) is 47.4 Å². The van der Waals surface area contributed by atoms with Crippen LogP contribution in [-0.4, -0.2) is 45.3 Å². The number of carboxylic acid groups (broad SMARTS) is 1. The van der Waals surface area contributed by atoms with Gasteiger partial charge in [0.15, 0.2) is 0 Å². The number of piperidine rings is 1. The number of carbonyl (C=O) groups excluding carboxylic acids is 1. The fourth-order valence-corrected chi connectivity index (χ4v) is 6.25. The zero-order valence-electron chi connectivity index (χ0n) is 21.9. The molecule has 2 aromatic carbocycles. The maximum Gasteiger partial charge on any atom is 0.335 e. The number of nitrogens with zero attached hydrogens (tertiary/aromatic N) is 2. The van der Waals surface area contributed by atoms with Crippen LogP contribution in [0.3, 0.4) is 0 Å². The van der Waals surface area contributed by atoms with Crippen LogP contribution in [0.2, 0.25) is 0 Å². The quantitative estimate of drug-likeness (QED) is 0.365. The van der Waals surface area contributed by atoms with Crippen LogP contribution in [0.15, 0.2) is 47.0 Å². The number of nitrogens with one attached hydrogen (secondary N) is 2. The van der Waals surface area contributed by atoms with Gasteiger partial charge < -0.3 is 25.2 Å². The molecule has 6 rings (SSSR count). The summed E-state index contributed by atoms with van der Waals surface area (Å²) < 4.78 is 5.88. The van der Waals surface area contributed by atoms with Gasteiger partial charge in [-0.15, -0.1) is 0 Å². The Morgan fingerprint density at radius 3 is 2.42 bits per heavy atom. The highest BCUT2D eigenvalue weighted by molar-refractivity contribution is 5.93. The SMILES string of the molecule is Cc1cc(C(=O)O)ccc1NC(=O)N1C2CCC1CC(NCc1c(-c3ccccc3C)noc1C1CC1)C2. The number of amides is 2. The molecule has 0 radical (unpaired) electrons. The Labute approximate surface area is 222 Å². The molecule has 2 atom stereocenters. The largest absolute Gasteiger partial charge is 0.478 e. The zero-order valence-corrected chi connectivity index (χ0v) is 21.9. The summed E-state index contributed by atoms with van der Waals surface area (Å²) in [5, 5.41) is 20.5. The molecule has 8 heteroatoms. The van der Waals surface area contributed by atoms with E-state index in [1.807, 2.05) is 24.0 Å². The predicted molar refractivity (Wildman–Crippen MR) is 144 cm³/mol. The maximum absolute atomic E-state index is 13.3. The predicted octanol–water partition coefficient (Wildman–Crippen LogP) is 5.85. The van der Waals surface area contributed by atoms with Crippen LogP contribution in [0.1, 0.15) is 77.3 Å². The minimum absolute atomic E-state index is 0.0981. The molecule has 3 aromatic rings. The summed E-state index contributed by atoms with van der Waals surface area (Å²) >= 11 is 0. The Bertz CT molecular complexity index is 1360. The van der Waals surface area contributed by atoms with Crippen molar-refractivity contribution in [3.8, 4) is 11.3 Å². The third kappa shape index (κ3) is 4.69. The summed E-state index contributed by atoms with van der Waals surface area (Å²) in [5.74, 6) is 0.534. The number of carbonyl (C=O) groups is 2. The van der Waals surface area contributed by atoms with Crippen LogP contribution < -0.4 is 10.6 Å². The Morgan fingerprint density at radius 2 is 1.76 bits per heavy atom. The summed E-state index contributed by atoms with van der Waals surface area (Å²) in [7, 11) is 0. The van der Waals surface area contributed by atoms with Gasteiger partial charge >= 0.3 is 12.0 Å². The topological polar surface area (TPSA) is 108 Å². The summed E-state index contributed by atoms with van der Waals surface area (Å²) in [6.07, 6.45) is 6.14. The van der Waals surface area contributed by atoms with Gasteiger partial charge in [0.05, 0.1) is 5.56 Å². The second-order valence-corrected chi connectivity index (χ2v) is 11.1. The molecule has 38 heavy (non-hydrogen) atoms. The number of fused-ring (bicyclic) bond motifs is 2. The van der Waals surface area contributed by atoms with E-state index in [0.29, 0.717) is 24.2 Å². The van der Waals surface area contributed by atoms with Gasteiger partial charge in [-0.3, -0.25) is 0 Å². The van der Waals surface area contributed by atoms with Crippen molar-refractivity contribution in [2.75, 3.05) is 5.32 Å². The zero-order chi connectivity index (χ0) is 26.4. The molecule has 2 aliphatic heterocycles. The molecule has 3 N–H and O–H groups in total. The number of carboxylic acids is 1. The third-order valence-corrected chi connectivity index (χ3v) is 8.42. The number of benzene rings is 2. The van der Waals surface area contributed by atoms with Gasteiger partial charge in [-0.25, -0.2) is 9.59 Å². The molecule has 2 saturated heterocycles. The van der Waals surface area contributed by atoms with E-state index in [4.69, 9.17) is 4.52 Å². The van der Waals surface area contributed by atoms with Gasteiger partial charge in [0.1, 0.15) is 11.5 Å². The van der Waals surface area contributed by atoms with Crippen molar-refractivity contribution in [1.29, 1.82) is 0 Å². The first-order chi connectivity index (χ1) is 18.4. The third-order valence-electron chi connectivity index (χ3n) is 8.42. The molecule has 3 heterocycles. The first kappa shape index (κ1) is 24.7. The van der Waals surface area contributed by atoms with Crippen molar-refractivity contribution in [3.63, 3.8) is 0 Å². The van der Waals surface area contributed by atoms with Crippen molar-refractivity contribution < 1.29 is 19.2 Å². The van der Waals surface area contributed by atoms with Gasteiger partial charge in [-0.1, -0.05) is 29.4 Å². The Hall–Kier alpha value is -3.65. The molecule has 1 aliphatic carbocycles. The Balaban J connectivity index is 1.13. The lowest BCUT2D eigenvalue weighted by Crippen LogP contribution is -2.52. The van der Waals surface area contributed by atoms with Gasteiger partial charge in [0.2, 0.25) is 0 Å². The highest BCUT2D eigenvalue weighted by atomic mass is 16.5. The second kappa shape index (κ2) is 9.91. The van der Waals surface area contributed by atoms with E-state index in [2.05, 4.69) is 34.8 Å². The van der Waals surface area contributed by atoms with E-state index in [1.54, 1.807) is 12.1 Å². The molecular weight excluding hydrogens is 480 g/mol. The average Bonchev–Trinajstić information content (AvgIpc) is 3.60. The Morgan fingerprint density at radius 1 is 1.03 bits per heavy atom. The lowest BCUT2D eigenvalue weighted by atomic mass is 9.96. The molecular formula is C30H34N4O4. The van der Waals surface area contributed by atoms with E-state index >= 15 is 0 Å². The van der Waals surface area contributed by atoms with Crippen molar-refractivity contribution in [3.05, 3.63) is 70.5 Å². The van der Waals surface area contributed by atoms with E-state index in [1.165, 1.54) is 17.2 Å². The van der Waals surface area contributed by atoms with E-state index in [-0.39, 0.29) is 23.7 Å². The fourth-order valence-electron chi connectivity index (χ4n) is 6.25. The fraction of sp³-hybridized carbons (Fsp3) is 0.433. The molecule has 8 nitrogen and oxygen atoms in total. The lowest BCUT2D eigenvalue weighted by molar-refractivity contribution is 0.0696. The molecule has 3 fully saturated rings. The molecule has 3 aliphatic rings. The highest BCUT2D eigenvalue weighted by Crippen LogP contribution is 2.44. The normalized spacial score (nSPS) is 22.5. The summed E-state index contributed by atoms with van der Waals surface area (Å²) in [6, 6.07) is 13.7. The molecule has 2 amide bonds. The van der Waals surface area contributed by atoms with Crippen LogP contribution in [0.25, 0.3) is 11.3 Å². The molecule has 198 valence electrons. The highest BCUT2D eigenvalue weighted by Gasteiger charge is 2.43. The van der Waals surface area contributed by atoms with Crippen molar-refractivity contribution >= 4 is 17.7 Å². The molecule has 1 aromatic heterocycles. The standard InChI is InChI=1S/C30H34N4O4/c1-17-5-3-4-6-24(17)27-25(28(38-33-27)19-7-8-19)16-31-21-14-22-10-11-23(15-21)34(22)30(37)32-26-12-9-20(29(35)36)13-18(26)2/h3-6,9,12-13,19,21-23,31H,7-8,10-11,14-16H2,1-2H3,(H,32,37)(H,35,36). The second-order valence-electron chi connectivity index (χ2n) is 11.1. The first-order valence-electron chi connectivity index (χ1n) is 13.6. The number of anilines is 1. The van der Waals surface area contributed by atoms with Gasteiger partial charge in [-0.2, -0.15) is 0 Å². The van der Waals surface area contributed by atoms with E-state index < -0.39 is 5.97 Å². The van der Waals surface area contributed by atoms with Gasteiger partial charge in [0.25, 0.3) is 0 Å². The number of hydrogen-bond acceptors (Lipinski definition) is 5. The molecule has 2 unspecified atom stereocenters.